The number of carbonyl (C=O) groups excluding carboxylic acids is 3. The maximum atomic E-state index is 12.9. The number of benzene rings is 2. The van der Waals surface area contributed by atoms with Crippen molar-refractivity contribution in [1.29, 1.82) is 0 Å². The van der Waals surface area contributed by atoms with Gasteiger partial charge in [0.2, 0.25) is 11.8 Å². The number of amides is 2. The molecule has 0 radical (unpaired) electrons. The minimum atomic E-state index is -1.42. The standard InChI is InChI=1S/C20H18NO3.Li.H2O/c1-15(17-10-6-3-7-11-17)21-18(23)13-20(14-22,19(21)24)12-16-8-4-2-5-9-16;;/h2-11,15H,12-13H2,1H3;;1H2/q-1;+1;/p-1/t15-,20?;;/m1../s1. The maximum absolute atomic E-state index is 12.9. The normalized spacial score (nSPS) is 20.1. The van der Waals surface area contributed by atoms with E-state index in [2.05, 4.69) is 0 Å². The Morgan fingerprint density at radius 2 is 1.58 bits per heavy atom. The summed E-state index contributed by atoms with van der Waals surface area (Å²) >= 11 is 0. The molecule has 1 saturated heterocycles. The third-order valence-electron chi connectivity index (χ3n) is 4.56. The van der Waals surface area contributed by atoms with Crippen molar-refractivity contribution in [3.8, 4) is 0 Å². The monoisotopic (exact) mass is 344 g/mol. The molecule has 1 aliphatic rings. The van der Waals surface area contributed by atoms with Crippen molar-refractivity contribution >= 4 is 18.1 Å². The molecule has 0 bridgehead atoms. The number of nitrogens with zero attached hydrogens (tertiary/aromatic N) is 1. The molecule has 0 saturated carbocycles. The minimum Gasteiger partial charge on any atom is -0.870 e. The third kappa shape index (κ3) is 3.96. The van der Waals surface area contributed by atoms with Crippen LogP contribution in [-0.4, -0.2) is 28.5 Å². The fourth-order valence-corrected chi connectivity index (χ4v) is 3.23. The summed E-state index contributed by atoms with van der Waals surface area (Å²) < 4.78 is 0. The molecule has 2 aromatic carbocycles. The van der Waals surface area contributed by atoms with Crippen LogP contribution in [-0.2, 0) is 20.8 Å². The molecule has 2 amide bonds. The predicted octanol–water partition coefficient (Wildman–Crippen LogP) is -0.327. The zero-order chi connectivity index (χ0) is 17.2. The zero-order valence-electron chi connectivity index (χ0n) is 14.9. The van der Waals surface area contributed by atoms with Gasteiger partial charge in [-0.05, 0) is 29.9 Å². The van der Waals surface area contributed by atoms with Crippen LogP contribution >= 0.6 is 0 Å². The van der Waals surface area contributed by atoms with Crippen molar-refractivity contribution in [2.45, 2.75) is 25.8 Å². The van der Waals surface area contributed by atoms with E-state index >= 15 is 0 Å². The molecule has 5 nitrogen and oxygen atoms in total. The topological polar surface area (TPSA) is 84.5 Å². The molecule has 1 unspecified atom stereocenters. The van der Waals surface area contributed by atoms with Crippen molar-refractivity contribution in [2.75, 3.05) is 0 Å². The van der Waals surface area contributed by atoms with Gasteiger partial charge in [0, 0.05) is 6.42 Å². The molecule has 0 spiro atoms. The van der Waals surface area contributed by atoms with Gasteiger partial charge in [-0.1, -0.05) is 60.7 Å². The van der Waals surface area contributed by atoms with Gasteiger partial charge in [-0.25, -0.2) is 6.29 Å². The number of imide groups is 1. The summed E-state index contributed by atoms with van der Waals surface area (Å²) in [5, 5.41) is 0. The molecule has 0 aromatic heterocycles. The quantitative estimate of drug-likeness (QED) is 0.322. The summed E-state index contributed by atoms with van der Waals surface area (Å²) in [5.41, 5.74) is 0.290. The molecule has 1 aliphatic heterocycles. The first-order chi connectivity index (χ1) is 11.6. The van der Waals surface area contributed by atoms with Crippen LogP contribution in [0.1, 0.15) is 30.5 Å². The first-order valence-electron chi connectivity index (χ1n) is 7.92. The Balaban J connectivity index is 0.00000169. The van der Waals surface area contributed by atoms with E-state index in [1.165, 1.54) is 4.90 Å². The summed E-state index contributed by atoms with van der Waals surface area (Å²) in [5.74, 6) is -0.779. The summed E-state index contributed by atoms with van der Waals surface area (Å²) in [4.78, 5) is 38.3. The Hall–Kier alpha value is -2.19. The summed E-state index contributed by atoms with van der Waals surface area (Å²) in [7, 11) is 0. The second kappa shape index (κ2) is 8.95. The third-order valence-corrected chi connectivity index (χ3v) is 4.56. The van der Waals surface area contributed by atoms with Gasteiger partial charge >= 0.3 is 18.9 Å². The Bertz CT molecular complexity index is 766. The van der Waals surface area contributed by atoms with Crippen molar-refractivity contribution < 1.29 is 38.7 Å². The van der Waals surface area contributed by atoms with E-state index in [4.69, 9.17) is 0 Å². The molecule has 0 aliphatic carbocycles. The Kier molecular flexibility index (Phi) is 7.52. The van der Waals surface area contributed by atoms with Crippen LogP contribution in [0.15, 0.2) is 60.7 Å². The van der Waals surface area contributed by atoms with Crippen LogP contribution < -0.4 is 18.9 Å². The zero-order valence-corrected chi connectivity index (χ0v) is 14.9. The summed E-state index contributed by atoms with van der Waals surface area (Å²) in [6.07, 6.45) is 1.95. The predicted molar refractivity (Wildman–Crippen MR) is 91.5 cm³/mol. The van der Waals surface area contributed by atoms with Crippen molar-refractivity contribution in [3.63, 3.8) is 0 Å². The fourth-order valence-electron chi connectivity index (χ4n) is 3.23. The molecule has 2 aromatic rings. The first kappa shape index (κ1) is 21.8. The van der Waals surface area contributed by atoms with E-state index in [9.17, 15) is 14.4 Å². The molecule has 6 heteroatoms. The van der Waals surface area contributed by atoms with Gasteiger partial charge in [-0.2, -0.15) is 0 Å². The van der Waals surface area contributed by atoms with E-state index < -0.39 is 17.4 Å². The Morgan fingerprint density at radius 3 is 2.12 bits per heavy atom. The molecule has 2 atom stereocenters. The smallest absolute Gasteiger partial charge is 0.870 e. The van der Waals surface area contributed by atoms with Gasteiger partial charge in [0.15, 0.2) is 0 Å². The Morgan fingerprint density at radius 1 is 1.04 bits per heavy atom. The second-order valence-electron chi connectivity index (χ2n) is 6.18. The number of rotatable bonds is 5. The van der Waals surface area contributed by atoms with Crippen LogP contribution in [0.4, 0.5) is 0 Å². The number of hydrogen-bond acceptors (Lipinski definition) is 4. The average Bonchev–Trinajstić information content (AvgIpc) is 2.86. The van der Waals surface area contributed by atoms with Gasteiger partial charge in [-0.3, -0.25) is 14.5 Å². The molecular weight excluding hydrogens is 325 g/mol. The van der Waals surface area contributed by atoms with Crippen LogP contribution in [0.5, 0.6) is 0 Å². The SMILES string of the molecule is C[C@H](c1ccccc1)N1C(=O)CC([C-]=O)(Cc2ccccc2)C1=O.[Li+].[OH-]. The first-order valence-corrected chi connectivity index (χ1v) is 7.92. The number of hydrogen-bond donors (Lipinski definition) is 0. The molecule has 1 N–H and O–H groups in total. The van der Waals surface area contributed by atoms with E-state index in [1.54, 1.807) is 6.92 Å². The molecule has 26 heavy (non-hydrogen) atoms. The van der Waals surface area contributed by atoms with Gasteiger partial charge in [0.1, 0.15) is 0 Å². The van der Waals surface area contributed by atoms with Gasteiger partial charge in [-0.15, -0.1) is 0 Å². The van der Waals surface area contributed by atoms with Gasteiger partial charge < -0.3 is 10.3 Å². The van der Waals surface area contributed by atoms with Gasteiger partial charge in [0.05, 0.1) is 6.04 Å². The van der Waals surface area contributed by atoms with Crippen LogP contribution in [0.2, 0.25) is 0 Å². The maximum Gasteiger partial charge on any atom is 1.00 e. The second-order valence-corrected chi connectivity index (χ2v) is 6.18. The van der Waals surface area contributed by atoms with E-state index in [-0.39, 0.29) is 43.1 Å². The fraction of sp³-hybridized carbons (Fsp3) is 0.250. The summed E-state index contributed by atoms with van der Waals surface area (Å²) in [6.45, 7) is 1.80. The number of likely N-dealkylation sites (tertiary alicyclic amines) is 1. The summed E-state index contributed by atoms with van der Waals surface area (Å²) in [6, 6.07) is 18.2. The van der Waals surface area contributed by atoms with Gasteiger partial charge in [0.25, 0.3) is 0 Å². The van der Waals surface area contributed by atoms with Crippen LogP contribution in [0.3, 0.4) is 0 Å². The minimum absolute atomic E-state index is 0. The van der Waals surface area contributed by atoms with Crippen molar-refractivity contribution in [1.82, 2.24) is 4.90 Å². The Labute approximate surface area is 164 Å². The van der Waals surface area contributed by atoms with Crippen LogP contribution in [0, 0.1) is 5.41 Å². The molecule has 130 valence electrons. The molecule has 3 rings (SSSR count). The largest absolute Gasteiger partial charge is 1.00 e. The van der Waals surface area contributed by atoms with E-state index in [0.717, 1.165) is 11.1 Å². The average molecular weight is 344 g/mol. The molecule has 1 fully saturated rings. The van der Waals surface area contributed by atoms with Crippen molar-refractivity contribution in [2.24, 2.45) is 5.41 Å². The van der Waals surface area contributed by atoms with Crippen molar-refractivity contribution in [3.05, 3.63) is 71.8 Å². The van der Waals surface area contributed by atoms with E-state index in [0.29, 0.717) is 0 Å². The van der Waals surface area contributed by atoms with E-state index in [1.807, 2.05) is 66.9 Å². The van der Waals surface area contributed by atoms with Crippen LogP contribution in [0.25, 0.3) is 0 Å². The number of carbonyl (C=O) groups is 2. The molecule has 1 heterocycles. The molecular formula is C20H19LiNO4-.